The first-order chi connectivity index (χ1) is 8.02. The number of hydrogen-bond acceptors (Lipinski definition) is 4. The third-order valence-corrected chi connectivity index (χ3v) is 4.03. The van der Waals surface area contributed by atoms with Crippen LogP contribution in [-0.4, -0.2) is 16.2 Å². The molecule has 1 N–H and O–H groups in total. The molecule has 0 aliphatic rings. The molecular formula is C11H10BrNO3S. The molecule has 0 amide bonds. The van der Waals surface area contributed by atoms with Gasteiger partial charge >= 0.3 is 5.97 Å². The van der Waals surface area contributed by atoms with Gasteiger partial charge in [0.2, 0.25) is 0 Å². The first-order valence-electron chi connectivity index (χ1n) is 4.97. The number of carboxylic acid groups (broad SMARTS) is 1. The quantitative estimate of drug-likeness (QED) is 0.930. The summed E-state index contributed by atoms with van der Waals surface area (Å²) in [6.45, 7) is 3.75. The van der Waals surface area contributed by atoms with E-state index in [-0.39, 0.29) is 11.5 Å². The Morgan fingerprint density at radius 3 is 2.71 bits per heavy atom. The summed E-state index contributed by atoms with van der Waals surface area (Å²) in [6, 6.07) is 0. The third kappa shape index (κ3) is 2.14. The van der Waals surface area contributed by atoms with Gasteiger partial charge in [0.1, 0.15) is 11.3 Å². The van der Waals surface area contributed by atoms with Crippen LogP contribution in [0.2, 0.25) is 0 Å². The SMILES string of the molecule is CC(C)c1onc(-c2cscc2Br)c1C(=O)O. The van der Waals surface area contributed by atoms with Crippen LogP contribution in [0.5, 0.6) is 0 Å². The molecule has 0 aromatic carbocycles. The van der Waals surface area contributed by atoms with E-state index in [1.54, 1.807) is 0 Å². The van der Waals surface area contributed by atoms with E-state index in [0.717, 1.165) is 10.0 Å². The lowest BCUT2D eigenvalue weighted by Gasteiger charge is -2.01. The van der Waals surface area contributed by atoms with Crippen molar-refractivity contribution in [3.05, 3.63) is 26.6 Å². The van der Waals surface area contributed by atoms with Crippen LogP contribution in [-0.2, 0) is 0 Å². The number of aromatic nitrogens is 1. The van der Waals surface area contributed by atoms with E-state index in [2.05, 4.69) is 21.1 Å². The van der Waals surface area contributed by atoms with E-state index < -0.39 is 5.97 Å². The topological polar surface area (TPSA) is 63.3 Å². The van der Waals surface area contributed by atoms with E-state index in [1.165, 1.54) is 11.3 Å². The predicted molar refractivity (Wildman–Crippen MR) is 68.6 cm³/mol. The molecule has 90 valence electrons. The second kappa shape index (κ2) is 4.62. The zero-order valence-corrected chi connectivity index (χ0v) is 11.6. The number of thiophene rings is 1. The molecule has 2 heterocycles. The fourth-order valence-corrected chi connectivity index (χ4v) is 3.00. The number of rotatable bonds is 3. The summed E-state index contributed by atoms with van der Waals surface area (Å²) in [5.74, 6) is -0.617. The Bertz CT molecular complexity index is 559. The summed E-state index contributed by atoms with van der Waals surface area (Å²) in [4.78, 5) is 11.3. The van der Waals surface area contributed by atoms with Gasteiger partial charge in [-0.15, -0.1) is 0 Å². The van der Waals surface area contributed by atoms with Crippen LogP contribution in [0.4, 0.5) is 0 Å². The van der Waals surface area contributed by atoms with Gasteiger partial charge in [-0.3, -0.25) is 0 Å². The van der Waals surface area contributed by atoms with Crippen molar-refractivity contribution in [3.8, 4) is 11.3 Å². The minimum Gasteiger partial charge on any atom is -0.477 e. The lowest BCUT2D eigenvalue weighted by molar-refractivity contribution is 0.0694. The van der Waals surface area contributed by atoms with Crippen molar-refractivity contribution in [3.63, 3.8) is 0 Å². The molecule has 0 atom stereocenters. The summed E-state index contributed by atoms with van der Waals surface area (Å²) in [6.07, 6.45) is 0. The van der Waals surface area contributed by atoms with Crippen molar-refractivity contribution in [1.29, 1.82) is 0 Å². The zero-order chi connectivity index (χ0) is 12.6. The number of nitrogens with zero attached hydrogens (tertiary/aromatic N) is 1. The predicted octanol–water partition coefficient (Wildman–Crippen LogP) is 3.99. The molecule has 4 nitrogen and oxygen atoms in total. The van der Waals surface area contributed by atoms with E-state index in [0.29, 0.717) is 11.5 Å². The average Bonchev–Trinajstić information content (AvgIpc) is 2.82. The molecule has 0 aliphatic heterocycles. The molecule has 0 saturated carbocycles. The fraction of sp³-hybridized carbons (Fsp3) is 0.273. The zero-order valence-electron chi connectivity index (χ0n) is 9.23. The Labute approximate surface area is 110 Å². The van der Waals surface area contributed by atoms with Crippen molar-refractivity contribution >= 4 is 33.2 Å². The Morgan fingerprint density at radius 1 is 1.53 bits per heavy atom. The van der Waals surface area contributed by atoms with Gasteiger partial charge in [-0.2, -0.15) is 11.3 Å². The molecule has 0 aliphatic carbocycles. The number of hydrogen-bond donors (Lipinski definition) is 1. The highest BCUT2D eigenvalue weighted by atomic mass is 79.9. The van der Waals surface area contributed by atoms with Crippen molar-refractivity contribution in [2.45, 2.75) is 19.8 Å². The van der Waals surface area contributed by atoms with Crippen LogP contribution >= 0.6 is 27.3 Å². The van der Waals surface area contributed by atoms with Gasteiger partial charge in [0.15, 0.2) is 5.76 Å². The van der Waals surface area contributed by atoms with Gasteiger partial charge in [-0.1, -0.05) is 19.0 Å². The summed E-state index contributed by atoms with van der Waals surface area (Å²) in [5.41, 5.74) is 1.29. The van der Waals surface area contributed by atoms with Crippen LogP contribution in [0, 0.1) is 0 Å². The highest BCUT2D eigenvalue weighted by Gasteiger charge is 2.26. The van der Waals surface area contributed by atoms with Crippen LogP contribution < -0.4 is 0 Å². The van der Waals surface area contributed by atoms with Gasteiger partial charge in [0.05, 0.1) is 0 Å². The molecule has 6 heteroatoms. The van der Waals surface area contributed by atoms with Crippen LogP contribution in [0.15, 0.2) is 19.8 Å². The summed E-state index contributed by atoms with van der Waals surface area (Å²) < 4.78 is 5.98. The van der Waals surface area contributed by atoms with Gasteiger partial charge in [-0.05, 0) is 15.9 Å². The summed E-state index contributed by atoms with van der Waals surface area (Å²) >= 11 is 4.85. The molecule has 17 heavy (non-hydrogen) atoms. The lowest BCUT2D eigenvalue weighted by atomic mass is 10.0. The minimum atomic E-state index is -1.01. The van der Waals surface area contributed by atoms with E-state index in [4.69, 9.17) is 4.52 Å². The summed E-state index contributed by atoms with van der Waals surface area (Å²) in [5, 5.41) is 16.9. The van der Waals surface area contributed by atoms with Crippen LogP contribution in [0.25, 0.3) is 11.3 Å². The Balaban J connectivity index is 2.64. The number of carbonyl (C=O) groups is 1. The van der Waals surface area contributed by atoms with Gasteiger partial charge < -0.3 is 9.63 Å². The third-order valence-electron chi connectivity index (χ3n) is 2.33. The second-order valence-corrected chi connectivity index (χ2v) is 5.46. The number of halogens is 1. The average molecular weight is 316 g/mol. The van der Waals surface area contributed by atoms with Crippen LogP contribution in [0.1, 0.15) is 35.9 Å². The Morgan fingerprint density at radius 2 is 2.24 bits per heavy atom. The van der Waals surface area contributed by atoms with E-state index >= 15 is 0 Å². The molecule has 0 radical (unpaired) electrons. The second-order valence-electron chi connectivity index (χ2n) is 3.86. The highest BCUT2D eigenvalue weighted by Crippen LogP contribution is 2.35. The fourth-order valence-electron chi connectivity index (χ4n) is 1.54. The van der Waals surface area contributed by atoms with Gasteiger partial charge in [0, 0.05) is 26.7 Å². The first-order valence-corrected chi connectivity index (χ1v) is 6.70. The molecule has 2 rings (SSSR count). The molecule has 0 spiro atoms. The molecule has 0 bridgehead atoms. The molecular weight excluding hydrogens is 306 g/mol. The number of aromatic carboxylic acids is 1. The van der Waals surface area contributed by atoms with E-state index in [9.17, 15) is 9.90 Å². The minimum absolute atomic E-state index is 0.0141. The van der Waals surface area contributed by atoms with Gasteiger partial charge in [-0.25, -0.2) is 4.79 Å². The maximum atomic E-state index is 11.3. The van der Waals surface area contributed by atoms with Crippen LogP contribution in [0.3, 0.4) is 0 Å². The standard InChI is InChI=1S/C11H10BrNO3S/c1-5(2)10-8(11(14)15)9(13-16-10)6-3-17-4-7(6)12/h3-5H,1-2H3,(H,14,15). The van der Waals surface area contributed by atoms with Crippen molar-refractivity contribution in [2.24, 2.45) is 0 Å². The molecule has 2 aromatic rings. The van der Waals surface area contributed by atoms with Crippen molar-refractivity contribution in [1.82, 2.24) is 5.16 Å². The maximum absolute atomic E-state index is 11.3. The summed E-state index contributed by atoms with van der Waals surface area (Å²) in [7, 11) is 0. The maximum Gasteiger partial charge on any atom is 0.341 e. The van der Waals surface area contributed by atoms with E-state index in [1.807, 2.05) is 24.6 Å². The Hall–Kier alpha value is -1.14. The molecule has 0 fully saturated rings. The highest BCUT2D eigenvalue weighted by molar-refractivity contribution is 9.10. The normalized spacial score (nSPS) is 11.1. The van der Waals surface area contributed by atoms with Gasteiger partial charge in [0.25, 0.3) is 0 Å². The lowest BCUT2D eigenvalue weighted by Crippen LogP contribution is -2.02. The number of carboxylic acids is 1. The Kier molecular flexibility index (Phi) is 3.35. The molecule has 0 saturated heterocycles. The van der Waals surface area contributed by atoms with Crippen molar-refractivity contribution < 1.29 is 14.4 Å². The molecule has 0 unspecified atom stereocenters. The molecule has 2 aromatic heterocycles. The van der Waals surface area contributed by atoms with Crippen molar-refractivity contribution in [2.75, 3.05) is 0 Å². The monoisotopic (exact) mass is 315 g/mol. The smallest absolute Gasteiger partial charge is 0.341 e. The first kappa shape index (κ1) is 12.3. The largest absolute Gasteiger partial charge is 0.477 e.